The van der Waals surface area contributed by atoms with E-state index in [0.29, 0.717) is 16.5 Å². The zero-order valence-electron chi connectivity index (χ0n) is 14.1. The van der Waals surface area contributed by atoms with Crippen molar-refractivity contribution in [2.24, 2.45) is 0 Å². The number of nitrogens with zero attached hydrogens (tertiary/aromatic N) is 1. The van der Waals surface area contributed by atoms with Crippen LogP contribution in [0.15, 0.2) is 64.0 Å². The van der Waals surface area contributed by atoms with Gasteiger partial charge in [0.05, 0.1) is 23.8 Å². The number of alkyl halides is 1. The minimum atomic E-state index is -0.747. The molecular weight excluding hydrogens is 357 g/mol. The van der Waals surface area contributed by atoms with E-state index in [-0.39, 0.29) is 30.2 Å². The van der Waals surface area contributed by atoms with Crippen LogP contribution in [0.1, 0.15) is 18.1 Å². The molecule has 2 aromatic carbocycles. The zero-order valence-corrected chi connectivity index (χ0v) is 14.9. The van der Waals surface area contributed by atoms with Gasteiger partial charge in [0.25, 0.3) is 0 Å². The van der Waals surface area contributed by atoms with Gasteiger partial charge in [-0.15, -0.1) is 11.6 Å². The van der Waals surface area contributed by atoms with Crippen LogP contribution in [0.2, 0.25) is 0 Å². The van der Waals surface area contributed by atoms with Crippen molar-refractivity contribution in [3.8, 4) is 0 Å². The molecule has 26 heavy (non-hydrogen) atoms. The predicted octanol–water partition coefficient (Wildman–Crippen LogP) is 4.09. The molecule has 0 aliphatic carbocycles. The molecule has 0 radical (unpaired) electrons. The van der Waals surface area contributed by atoms with Crippen LogP contribution in [0.5, 0.6) is 0 Å². The monoisotopic (exact) mass is 373 g/mol. The summed E-state index contributed by atoms with van der Waals surface area (Å²) in [6.07, 6.45) is 1.37. The van der Waals surface area contributed by atoms with Gasteiger partial charge in [0, 0.05) is 6.54 Å². The van der Waals surface area contributed by atoms with Crippen LogP contribution in [0.3, 0.4) is 0 Å². The van der Waals surface area contributed by atoms with Crippen LogP contribution in [0, 0.1) is 5.82 Å². The van der Waals surface area contributed by atoms with E-state index in [1.165, 1.54) is 23.3 Å². The minimum Gasteiger partial charge on any atom is -0.464 e. The van der Waals surface area contributed by atoms with E-state index < -0.39 is 5.38 Å². The number of halogens is 2. The summed E-state index contributed by atoms with van der Waals surface area (Å²) in [5.74, 6) is -0.670. The van der Waals surface area contributed by atoms with Crippen LogP contribution < -0.4 is 5.43 Å². The highest BCUT2D eigenvalue weighted by Gasteiger charge is 2.21. The SMILES string of the molecule is C[C@@H](Cl)C(=O)N(Cc1ccc(F)cc1)Cc1coc2ccccc2c1=O. The number of benzene rings is 2. The summed E-state index contributed by atoms with van der Waals surface area (Å²) in [7, 11) is 0. The summed E-state index contributed by atoms with van der Waals surface area (Å²) >= 11 is 5.96. The van der Waals surface area contributed by atoms with Gasteiger partial charge in [-0.1, -0.05) is 24.3 Å². The van der Waals surface area contributed by atoms with Gasteiger partial charge in [0.1, 0.15) is 16.8 Å². The van der Waals surface area contributed by atoms with Crippen LogP contribution >= 0.6 is 11.6 Å². The Kier molecular flexibility index (Phi) is 5.38. The first kappa shape index (κ1) is 18.1. The number of carbonyl (C=O) groups excluding carboxylic acids is 1. The van der Waals surface area contributed by atoms with Crippen molar-refractivity contribution in [1.29, 1.82) is 0 Å². The second-order valence-corrected chi connectivity index (χ2v) is 6.68. The van der Waals surface area contributed by atoms with Gasteiger partial charge in [0.15, 0.2) is 5.43 Å². The third-order valence-electron chi connectivity index (χ3n) is 4.05. The molecule has 0 N–H and O–H groups in total. The smallest absolute Gasteiger partial charge is 0.240 e. The molecule has 134 valence electrons. The first-order valence-corrected chi connectivity index (χ1v) is 8.56. The summed E-state index contributed by atoms with van der Waals surface area (Å²) in [5, 5.41) is -0.291. The summed E-state index contributed by atoms with van der Waals surface area (Å²) in [6, 6.07) is 12.8. The molecule has 6 heteroatoms. The summed E-state index contributed by atoms with van der Waals surface area (Å²) < 4.78 is 18.6. The Labute approximate surface area is 154 Å². The number of amides is 1. The molecule has 3 rings (SSSR count). The number of fused-ring (bicyclic) bond motifs is 1. The van der Waals surface area contributed by atoms with Gasteiger partial charge in [-0.3, -0.25) is 9.59 Å². The van der Waals surface area contributed by atoms with Crippen molar-refractivity contribution < 1.29 is 13.6 Å². The summed E-state index contributed by atoms with van der Waals surface area (Å²) in [5.41, 5.74) is 1.40. The molecule has 1 atom stereocenters. The highest BCUT2D eigenvalue weighted by molar-refractivity contribution is 6.30. The molecule has 0 aliphatic rings. The van der Waals surface area contributed by atoms with Crippen molar-refractivity contribution >= 4 is 28.5 Å². The molecule has 3 aromatic rings. The van der Waals surface area contributed by atoms with Gasteiger partial charge < -0.3 is 9.32 Å². The van der Waals surface area contributed by atoms with E-state index in [0.717, 1.165) is 5.56 Å². The van der Waals surface area contributed by atoms with Gasteiger partial charge >= 0.3 is 0 Å². The van der Waals surface area contributed by atoms with E-state index >= 15 is 0 Å². The maximum absolute atomic E-state index is 13.1. The minimum absolute atomic E-state index is 0.0560. The Morgan fingerprint density at radius 1 is 1.15 bits per heavy atom. The fraction of sp³-hybridized carbons (Fsp3) is 0.200. The van der Waals surface area contributed by atoms with Crippen molar-refractivity contribution in [1.82, 2.24) is 4.90 Å². The lowest BCUT2D eigenvalue weighted by molar-refractivity contribution is -0.131. The summed E-state index contributed by atoms with van der Waals surface area (Å²) in [6.45, 7) is 1.84. The average Bonchev–Trinajstić information content (AvgIpc) is 2.64. The van der Waals surface area contributed by atoms with Gasteiger partial charge in [-0.2, -0.15) is 0 Å². The van der Waals surface area contributed by atoms with Crippen LogP contribution in [0.25, 0.3) is 11.0 Å². The van der Waals surface area contributed by atoms with Crippen molar-refractivity contribution in [3.05, 3.63) is 82.0 Å². The van der Waals surface area contributed by atoms with Crippen LogP contribution in [-0.4, -0.2) is 16.2 Å². The van der Waals surface area contributed by atoms with E-state index in [2.05, 4.69) is 0 Å². The number of rotatable bonds is 5. The first-order valence-electron chi connectivity index (χ1n) is 8.12. The fourth-order valence-corrected chi connectivity index (χ4v) is 2.84. The zero-order chi connectivity index (χ0) is 18.7. The quantitative estimate of drug-likeness (QED) is 0.633. The second-order valence-electron chi connectivity index (χ2n) is 6.02. The molecule has 4 nitrogen and oxygen atoms in total. The Bertz CT molecular complexity index is 982. The van der Waals surface area contributed by atoms with Crippen LogP contribution in [-0.2, 0) is 17.9 Å². The van der Waals surface area contributed by atoms with E-state index in [1.807, 2.05) is 0 Å². The number of para-hydroxylation sites is 1. The third-order valence-corrected chi connectivity index (χ3v) is 4.24. The van der Waals surface area contributed by atoms with Crippen molar-refractivity contribution in [3.63, 3.8) is 0 Å². The molecule has 0 aliphatic heterocycles. The first-order chi connectivity index (χ1) is 12.5. The third kappa shape index (κ3) is 3.94. The normalized spacial score (nSPS) is 12.1. The van der Waals surface area contributed by atoms with Gasteiger partial charge in [-0.05, 0) is 36.8 Å². The largest absolute Gasteiger partial charge is 0.464 e. The Balaban J connectivity index is 1.92. The molecule has 1 amide bonds. The number of hydrogen-bond acceptors (Lipinski definition) is 3. The number of carbonyl (C=O) groups is 1. The molecule has 0 unspecified atom stereocenters. The van der Waals surface area contributed by atoms with E-state index in [4.69, 9.17) is 16.0 Å². The topological polar surface area (TPSA) is 50.5 Å². The average molecular weight is 374 g/mol. The van der Waals surface area contributed by atoms with Crippen molar-refractivity contribution in [2.45, 2.75) is 25.4 Å². The van der Waals surface area contributed by atoms with Gasteiger partial charge in [-0.25, -0.2) is 4.39 Å². The maximum Gasteiger partial charge on any atom is 0.240 e. The lowest BCUT2D eigenvalue weighted by Gasteiger charge is -2.24. The van der Waals surface area contributed by atoms with Crippen LogP contribution in [0.4, 0.5) is 4.39 Å². The predicted molar refractivity (Wildman–Crippen MR) is 98.5 cm³/mol. The lowest BCUT2D eigenvalue weighted by atomic mass is 10.1. The second kappa shape index (κ2) is 7.70. The maximum atomic E-state index is 13.1. The standard InChI is InChI=1S/C20H17ClFNO3/c1-13(21)20(25)23(10-14-6-8-16(22)9-7-14)11-15-12-26-18-5-3-2-4-17(18)19(15)24/h2-9,12-13H,10-11H2,1H3/t13-/m1/s1. The summed E-state index contributed by atoms with van der Waals surface area (Å²) in [4.78, 5) is 26.6. The highest BCUT2D eigenvalue weighted by Crippen LogP contribution is 2.15. The highest BCUT2D eigenvalue weighted by atomic mass is 35.5. The van der Waals surface area contributed by atoms with E-state index in [9.17, 15) is 14.0 Å². The molecule has 0 saturated heterocycles. The molecule has 0 bridgehead atoms. The Morgan fingerprint density at radius 3 is 2.54 bits per heavy atom. The molecule has 1 heterocycles. The Morgan fingerprint density at radius 2 is 1.85 bits per heavy atom. The van der Waals surface area contributed by atoms with Gasteiger partial charge in [0.2, 0.25) is 5.91 Å². The van der Waals surface area contributed by atoms with E-state index in [1.54, 1.807) is 43.3 Å². The molecular formula is C20H17ClFNO3. The molecule has 0 saturated carbocycles. The molecule has 0 fully saturated rings. The Hall–Kier alpha value is -2.66. The van der Waals surface area contributed by atoms with Crippen molar-refractivity contribution in [2.75, 3.05) is 0 Å². The lowest BCUT2D eigenvalue weighted by Crippen LogP contribution is -2.36. The number of hydrogen-bond donors (Lipinski definition) is 0. The fourth-order valence-electron chi connectivity index (χ4n) is 2.71. The molecule has 0 spiro atoms. The molecule has 1 aromatic heterocycles.